The van der Waals surface area contributed by atoms with Gasteiger partial charge in [0.25, 0.3) is 10.0 Å². The highest BCUT2D eigenvalue weighted by Gasteiger charge is 2.47. The number of sulfonamides is 1. The van der Waals surface area contributed by atoms with Crippen molar-refractivity contribution < 1.29 is 18.3 Å². The topological polar surface area (TPSA) is 74.7 Å². The molecule has 2 unspecified atom stereocenters. The number of carbonyl (C=O) groups is 1. The summed E-state index contributed by atoms with van der Waals surface area (Å²) in [6.07, 6.45) is 3.21. The lowest BCUT2D eigenvalue weighted by Gasteiger charge is -2.37. The number of fused-ring (bicyclic) bond motifs is 2. The largest absolute Gasteiger partial charge is 0.481 e. The third-order valence-corrected chi connectivity index (χ3v) is 7.63. The molecule has 2 aliphatic heterocycles. The highest BCUT2D eigenvalue weighted by molar-refractivity contribution is 7.91. The van der Waals surface area contributed by atoms with Gasteiger partial charge < -0.3 is 5.11 Å². The molecule has 7 heteroatoms. The fourth-order valence-corrected chi connectivity index (χ4v) is 6.55. The molecule has 0 aliphatic carbocycles. The predicted octanol–water partition coefficient (Wildman–Crippen LogP) is 2.15. The van der Waals surface area contributed by atoms with Gasteiger partial charge in [0.1, 0.15) is 4.21 Å². The maximum atomic E-state index is 12.7. The SMILES string of the molecule is O=C(O)CC1CC2CCC(C1)N2S(=O)(=O)c1cccs1. The van der Waals surface area contributed by atoms with Crippen molar-refractivity contribution in [2.75, 3.05) is 0 Å². The van der Waals surface area contributed by atoms with Gasteiger partial charge in [0.15, 0.2) is 0 Å². The minimum atomic E-state index is -3.40. The number of rotatable bonds is 4. The van der Waals surface area contributed by atoms with E-state index in [1.165, 1.54) is 11.3 Å². The number of hydrogen-bond acceptors (Lipinski definition) is 4. The zero-order chi connectivity index (χ0) is 14.3. The second-order valence-electron chi connectivity index (χ2n) is 5.59. The fraction of sp³-hybridized carbons (Fsp3) is 0.615. The van der Waals surface area contributed by atoms with Crippen LogP contribution in [0.4, 0.5) is 0 Å². The van der Waals surface area contributed by atoms with Crippen LogP contribution in [0.1, 0.15) is 32.1 Å². The number of carboxylic acid groups (broad SMARTS) is 1. The van der Waals surface area contributed by atoms with Gasteiger partial charge in [-0.25, -0.2) is 8.42 Å². The van der Waals surface area contributed by atoms with Crippen LogP contribution in [0.3, 0.4) is 0 Å². The molecule has 0 aromatic carbocycles. The molecule has 0 saturated carbocycles. The van der Waals surface area contributed by atoms with E-state index in [4.69, 9.17) is 5.11 Å². The molecule has 0 amide bonds. The summed E-state index contributed by atoms with van der Waals surface area (Å²) in [5, 5.41) is 10.7. The minimum Gasteiger partial charge on any atom is -0.481 e. The molecule has 1 N–H and O–H groups in total. The Kier molecular flexibility index (Phi) is 3.60. The van der Waals surface area contributed by atoms with Gasteiger partial charge in [0.2, 0.25) is 0 Å². The van der Waals surface area contributed by atoms with E-state index in [2.05, 4.69) is 0 Å². The fourth-order valence-electron chi connectivity index (χ4n) is 3.57. The van der Waals surface area contributed by atoms with Crippen LogP contribution in [0.5, 0.6) is 0 Å². The number of nitrogens with zero attached hydrogens (tertiary/aromatic N) is 1. The van der Waals surface area contributed by atoms with Crippen LogP contribution in [0.2, 0.25) is 0 Å². The summed E-state index contributed by atoms with van der Waals surface area (Å²) in [5.41, 5.74) is 0. The average Bonchev–Trinajstić information content (AvgIpc) is 2.96. The van der Waals surface area contributed by atoms with E-state index >= 15 is 0 Å². The Bertz CT molecular complexity index is 582. The molecule has 2 bridgehead atoms. The highest BCUT2D eigenvalue weighted by atomic mass is 32.2. The van der Waals surface area contributed by atoms with Gasteiger partial charge in [-0.15, -0.1) is 11.3 Å². The number of carboxylic acids is 1. The molecule has 3 rings (SSSR count). The maximum absolute atomic E-state index is 12.7. The van der Waals surface area contributed by atoms with Gasteiger partial charge in [-0.3, -0.25) is 4.79 Å². The highest BCUT2D eigenvalue weighted by Crippen LogP contribution is 2.43. The van der Waals surface area contributed by atoms with Crippen LogP contribution in [0, 0.1) is 5.92 Å². The van der Waals surface area contributed by atoms with E-state index in [1.807, 2.05) is 0 Å². The Balaban J connectivity index is 1.82. The number of piperidine rings is 1. The van der Waals surface area contributed by atoms with E-state index in [-0.39, 0.29) is 24.4 Å². The quantitative estimate of drug-likeness (QED) is 0.924. The Labute approximate surface area is 122 Å². The number of aliphatic carboxylic acids is 1. The van der Waals surface area contributed by atoms with Crippen molar-refractivity contribution in [3.05, 3.63) is 17.5 Å². The second-order valence-corrected chi connectivity index (χ2v) is 8.61. The van der Waals surface area contributed by atoms with Crippen LogP contribution in [0.15, 0.2) is 21.7 Å². The van der Waals surface area contributed by atoms with Crippen LogP contribution < -0.4 is 0 Å². The molecule has 2 fully saturated rings. The van der Waals surface area contributed by atoms with Gasteiger partial charge in [0.05, 0.1) is 0 Å². The van der Waals surface area contributed by atoms with Gasteiger partial charge >= 0.3 is 5.97 Å². The molecule has 2 atom stereocenters. The first-order valence-electron chi connectivity index (χ1n) is 6.77. The molecule has 0 radical (unpaired) electrons. The smallest absolute Gasteiger partial charge is 0.303 e. The summed E-state index contributed by atoms with van der Waals surface area (Å²) < 4.78 is 27.4. The lowest BCUT2D eigenvalue weighted by atomic mass is 9.90. The van der Waals surface area contributed by atoms with E-state index in [9.17, 15) is 13.2 Å². The van der Waals surface area contributed by atoms with Crippen molar-refractivity contribution in [1.29, 1.82) is 0 Å². The van der Waals surface area contributed by atoms with Crippen molar-refractivity contribution in [1.82, 2.24) is 4.31 Å². The van der Waals surface area contributed by atoms with Crippen molar-refractivity contribution in [2.45, 2.75) is 48.4 Å². The van der Waals surface area contributed by atoms with Gasteiger partial charge in [-0.05, 0) is 43.0 Å². The van der Waals surface area contributed by atoms with Crippen molar-refractivity contribution in [2.24, 2.45) is 5.92 Å². The van der Waals surface area contributed by atoms with Gasteiger partial charge in [0, 0.05) is 18.5 Å². The number of hydrogen-bond donors (Lipinski definition) is 1. The zero-order valence-electron chi connectivity index (χ0n) is 10.9. The Morgan fingerprint density at radius 1 is 1.35 bits per heavy atom. The second kappa shape index (κ2) is 5.13. The first-order valence-corrected chi connectivity index (χ1v) is 9.09. The van der Waals surface area contributed by atoms with Gasteiger partial charge in [-0.2, -0.15) is 4.31 Å². The molecule has 2 aliphatic rings. The molecule has 5 nitrogen and oxygen atoms in total. The van der Waals surface area contributed by atoms with E-state index < -0.39 is 16.0 Å². The standard InChI is InChI=1S/C13H17NO4S2/c15-12(16)8-9-6-10-3-4-11(7-9)14(10)20(17,18)13-2-1-5-19-13/h1-2,5,9-11H,3-4,6-8H2,(H,15,16). The van der Waals surface area contributed by atoms with Crippen LogP contribution >= 0.6 is 11.3 Å². The molecule has 110 valence electrons. The molecular weight excluding hydrogens is 298 g/mol. The van der Waals surface area contributed by atoms with Crippen molar-refractivity contribution in [3.63, 3.8) is 0 Å². The Morgan fingerprint density at radius 3 is 2.50 bits per heavy atom. The van der Waals surface area contributed by atoms with E-state index in [0.29, 0.717) is 17.1 Å². The van der Waals surface area contributed by atoms with Gasteiger partial charge in [-0.1, -0.05) is 6.07 Å². The molecule has 2 saturated heterocycles. The third kappa shape index (κ3) is 2.38. The summed E-state index contributed by atoms with van der Waals surface area (Å²) in [5.74, 6) is -0.677. The van der Waals surface area contributed by atoms with Crippen molar-refractivity contribution >= 4 is 27.3 Å². The predicted molar refractivity (Wildman–Crippen MR) is 75.1 cm³/mol. The summed E-state index contributed by atoms with van der Waals surface area (Å²) in [6, 6.07) is 3.34. The molecular formula is C13H17NO4S2. The molecule has 1 aromatic heterocycles. The van der Waals surface area contributed by atoms with Crippen LogP contribution in [-0.4, -0.2) is 35.9 Å². The first kappa shape index (κ1) is 14.0. The zero-order valence-corrected chi connectivity index (χ0v) is 12.6. The molecule has 1 aromatic rings. The normalized spacial score (nSPS) is 30.5. The maximum Gasteiger partial charge on any atom is 0.303 e. The lowest BCUT2D eigenvalue weighted by molar-refractivity contribution is -0.138. The summed E-state index contributed by atoms with van der Waals surface area (Å²) >= 11 is 1.24. The minimum absolute atomic E-state index is 0.0230. The molecule has 3 heterocycles. The van der Waals surface area contributed by atoms with E-state index in [1.54, 1.807) is 21.8 Å². The molecule has 0 spiro atoms. The lowest BCUT2D eigenvalue weighted by Crippen LogP contribution is -2.46. The van der Waals surface area contributed by atoms with Crippen LogP contribution in [-0.2, 0) is 14.8 Å². The third-order valence-electron chi connectivity index (χ3n) is 4.25. The first-order chi connectivity index (χ1) is 9.48. The monoisotopic (exact) mass is 315 g/mol. The summed E-state index contributed by atoms with van der Waals surface area (Å²) in [6.45, 7) is 0. The molecule has 20 heavy (non-hydrogen) atoms. The van der Waals surface area contributed by atoms with Crippen molar-refractivity contribution in [3.8, 4) is 0 Å². The summed E-state index contributed by atoms with van der Waals surface area (Å²) in [7, 11) is -3.40. The average molecular weight is 315 g/mol. The van der Waals surface area contributed by atoms with E-state index in [0.717, 1.165) is 12.8 Å². The summed E-state index contributed by atoms with van der Waals surface area (Å²) in [4.78, 5) is 10.8. The van der Waals surface area contributed by atoms with Crippen LogP contribution in [0.25, 0.3) is 0 Å². The Hall–Kier alpha value is -0.920. The number of thiophene rings is 1. The Morgan fingerprint density at radius 2 is 2.00 bits per heavy atom.